The van der Waals surface area contributed by atoms with Gasteiger partial charge in [-0.2, -0.15) is 0 Å². The van der Waals surface area contributed by atoms with Crippen molar-refractivity contribution in [3.63, 3.8) is 0 Å². The summed E-state index contributed by atoms with van der Waals surface area (Å²) in [6.45, 7) is 2.95. The van der Waals surface area contributed by atoms with Crippen LogP contribution in [0.5, 0.6) is 0 Å². The van der Waals surface area contributed by atoms with E-state index in [-0.39, 0.29) is 11.7 Å². The molecular formula is C10H18O5. The summed E-state index contributed by atoms with van der Waals surface area (Å²) in [4.78, 5) is 22.9. The molecule has 0 fully saturated rings. The second-order valence-corrected chi connectivity index (χ2v) is 3.53. The number of Topliss-reactive ketones (excluding diaryl/α,β-unsaturated/α-hetero) is 1. The van der Waals surface area contributed by atoms with E-state index in [1.165, 1.54) is 14.2 Å². The van der Waals surface area contributed by atoms with E-state index < -0.39 is 24.6 Å². The Bertz CT molecular complexity index is 224. The van der Waals surface area contributed by atoms with E-state index in [0.29, 0.717) is 0 Å². The first-order valence-electron chi connectivity index (χ1n) is 4.74. The minimum Gasteiger partial charge on any atom is -0.469 e. The number of carbonyl (C=O) groups excluding carboxylic acids is 2. The SMILES string of the molecule is COC(=O)C(CO)C(OC)C(=O)C(C)C. The number of ether oxygens (including phenoxy) is 2. The summed E-state index contributed by atoms with van der Waals surface area (Å²) >= 11 is 0. The van der Waals surface area contributed by atoms with Gasteiger partial charge in [-0.15, -0.1) is 0 Å². The highest BCUT2D eigenvalue weighted by molar-refractivity contribution is 5.90. The van der Waals surface area contributed by atoms with Crippen LogP contribution in [0.2, 0.25) is 0 Å². The van der Waals surface area contributed by atoms with Crippen LogP contribution in [0, 0.1) is 11.8 Å². The molecule has 0 radical (unpaired) electrons. The van der Waals surface area contributed by atoms with Gasteiger partial charge in [0.1, 0.15) is 12.0 Å². The van der Waals surface area contributed by atoms with Crippen LogP contribution < -0.4 is 0 Å². The summed E-state index contributed by atoms with van der Waals surface area (Å²) in [7, 11) is 2.54. The quantitative estimate of drug-likeness (QED) is 0.636. The fraction of sp³-hybridized carbons (Fsp3) is 0.800. The summed E-state index contributed by atoms with van der Waals surface area (Å²) in [6, 6.07) is 0. The lowest BCUT2D eigenvalue weighted by Crippen LogP contribution is -2.41. The predicted molar refractivity (Wildman–Crippen MR) is 53.2 cm³/mol. The highest BCUT2D eigenvalue weighted by Gasteiger charge is 2.35. The molecule has 0 aromatic carbocycles. The topological polar surface area (TPSA) is 72.8 Å². The number of esters is 1. The molecule has 0 aliphatic rings. The molecule has 15 heavy (non-hydrogen) atoms. The van der Waals surface area contributed by atoms with Crippen LogP contribution in [-0.4, -0.2) is 43.8 Å². The van der Waals surface area contributed by atoms with Crippen molar-refractivity contribution in [2.24, 2.45) is 11.8 Å². The molecule has 0 amide bonds. The molecule has 0 aromatic heterocycles. The number of carbonyl (C=O) groups is 2. The van der Waals surface area contributed by atoms with E-state index >= 15 is 0 Å². The lowest BCUT2D eigenvalue weighted by atomic mass is 9.93. The van der Waals surface area contributed by atoms with Gasteiger partial charge in [-0.1, -0.05) is 13.8 Å². The van der Waals surface area contributed by atoms with Crippen molar-refractivity contribution in [1.82, 2.24) is 0 Å². The monoisotopic (exact) mass is 218 g/mol. The minimum absolute atomic E-state index is 0.220. The Kier molecular flexibility index (Phi) is 6.12. The van der Waals surface area contributed by atoms with Crippen LogP contribution in [0.15, 0.2) is 0 Å². The molecular weight excluding hydrogens is 200 g/mol. The van der Waals surface area contributed by atoms with Gasteiger partial charge in [-0.05, 0) is 0 Å². The van der Waals surface area contributed by atoms with Gasteiger partial charge in [-0.3, -0.25) is 9.59 Å². The van der Waals surface area contributed by atoms with Crippen LogP contribution in [-0.2, 0) is 19.1 Å². The molecule has 2 atom stereocenters. The molecule has 0 spiro atoms. The van der Waals surface area contributed by atoms with Gasteiger partial charge in [0, 0.05) is 13.0 Å². The number of aliphatic hydroxyl groups is 1. The van der Waals surface area contributed by atoms with Crippen molar-refractivity contribution in [1.29, 1.82) is 0 Å². The average molecular weight is 218 g/mol. The first-order chi connectivity index (χ1) is 6.99. The van der Waals surface area contributed by atoms with Gasteiger partial charge < -0.3 is 14.6 Å². The van der Waals surface area contributed by atoms with E-state index in [2.05, 4.69) is 4.74 Å². The third kappa shape index (κ3) is 3.60. The maximum Gasteiger partial charge on any atom is 0.314 e. The molecule has 5 heteroatoms. The minimum atomic E-state index is -0.949. The second kappa shape index (κ2) is 6.53. The lowest BCUT2D eigenvalue weighted by molar-refractivity contribution is -0.158. The van der Waals surface area contributed by atoms with Crippen molar-refractivity contribution in [2.75, 3.05) is 20.8 Å². The Hall–Kier alpha value is -0.940. The molecule has 0 aromatic rings. The van der Waals surface area contributed by atoms with E-state index in [1.54, 1.807) is 13.8 Å². The summed E-state index contributed by atoms with van der Waals surface area (Å²) in [5, 5.41) is 9.03. The first kappa shape index (κ1) is 14.1. The van der Waals surface area contributed by atoms with E-state index in [1.807, 2.05) is 0 Å². The number of aliphatic hydroxyl groups excluding tert-OH is 1. The Balaban J connectivity index is 4.75. The number of hydrogen-bond donors (Lipinski definition) is 1. The van der Waals surface area contributed by atoms with Gasteiger partial charge in [-0.25, -0.2) is 0 Å². The molecule has 0 saturated carbocycles. The molecule has 0 saturated heterocycles. The van der Waals surface area contributed by atoms with Crippen molar-refractivity contribution >= 4 is 11.8 Å². The molecule has 0 rings (SSSR count). The lowest BCUT2D eigenvalue weighted by Gasteiger charge is -2.22. The van der Waals surface area contributed by atoms with Crippen LogP contribution in [0.25, 0.3) is 0 Å². The standard InChI is InChI=1S/C10H18O5/c1-6(2)8(12)9(14-3)7(5-11)10(13)15-4/h6-7,9,11H,5H2,1-4H3. The molecule has 2 unspecified atom stereocenters. The third-order valence-electron chi connectivity index (χ3n) is 2.17. The van der Waals surface area contributed by atoms with Gasteiger partial charge in [0.05, 0.1) is 13.7 Å². The third-order valence-corrected chi connectivity index (χ3v) is 2.17. The maximum atomic E-state index is 11.7. The Labute approximate surface area is 89.4 Å². The van der Waals surface area contributed by atoms with Crippen molar-refractivity contribution in [2.45, 2.75) is 20.0 Å². The van der Waals surface area contributed by atoms with Gasteiger partial charge >= 0.3 is 5.97 Å². The second-order valence-electron chi connectivity index (χ2n) is 3.53. The largest absolute Gasteiger partial charge is 0.469 e. The molecule has 5 nitrogen and oxygen atoms in total. The molecule has 0 aliphatic carbocycles. The zero-order valence-electron chi connectivity index (χ0n) is 9.52. The fourth-order valence-electron chi connectivity index (χ4n) is 1.25. The van der Waals surface area contributed by atoms with Crippen LogP contribution in [0.1, 0.15) is 13.8 Å². The van der Waals surface area contributed by atoms with Crippen LogP contribution in [0.4, 0.5) is 0 Å². The first-order valence-corrected chi connectivity index (χ1v) is 4.74. The number of hydrogen-bond acceptors (Lipinski definition) is 5. The van der Waals surface area contributed by atoms with Crippen LogP contribution >= 0.6 is 0 Å². The van der Waals surface area contributed by atoms with Gasteiger partial charge in [0.15, 0.2) is 5.78 Å². The van der Waals surface area contributed by atoms with Crippen molar-refractivity contribution in [3.05, 3.63) is 0 Å². The van der Waals surface area contributed by atoms with E-state index in [4.69, 9.17) is 9.84 Å². The highest BCUT2D eigenvalue weighted by Crippen LogP contribution is 2.14. The van der Waals surface area contributed by atoms with E-state index in [0.717, 1.165) is 0 Å². The molecule has 88 valence electrons. The molecule has 0 heterocycles. The smallest absolute Gasteiger partial charge is 0.314 e. The number of ketones is 1. The molecule has 1 N–H and O–H groups in total. The Morgan fingerprint density at radius 3 is 2.07 bits per heavy atom. The summed E-state index contributed by atoms with van der Waals surface area (Å²) in [5.41, 5.74) is 0. The normalized spacial score (nSPS) is 14.8. The predicted octanol–water partition coefficient (Wildman–Crippen LogP) is 0.00800. The molecule has 0 bridgehead atoms. The number of methoxy groups -OCH3 is 2. The van der Waals surface area contributed by atoms with Crippen molar-refractivity contribution < 1.29 is 24.2 Å². The summed E-state index contributed by atoms with van der Waals surface area (Å²) in [5.74, 6) is -2.07. The van der Waals surface area contributed by atoms with Gasteiger partial charge in [0.2, 0.25) is 0 Å². The van der Waals surface area contributed by atoms with Crippen LogP contribution in [0.3, 0.4) is 0 Å². The summed E-state index contributed by atoms with van der Waals surface area (Å²) in [6.07, 6.45) is -0.942. The summed E-state index contributed by atoms with van der Waals surface area (Å²) < 4.78 is 9.42. The maximum absolute atomic E-state index is 11.7. The van der Waals surface area contributed by atoms with Crippen molar-refractivity contribution in [3.8, 4) is 0 Å². The average Bonchev–Trinajstić information content (AvgIpc) is 2.23. The van der Waals surface area contributed by atoms with Gasteiger partial charge in [0.25, 0.3) is 0 Å². The zero-order chi connectivity index (χ0) is 12.0. The number of rotatable bonds is 6. The fourth-order valence-corrected chi connectivity index (χ4v) is 1.25. The highest BCUT2D eigenvalue weighted by atomic mass is 16.5. The Morgan fingerprint density at radius 1 is 1.27 bits per heavy atom. The van der Waals surface area contributed by atoms with E-state index in [9.17, 15) is 9.59 Å². The Morgan fingerprint density at radius 2 is 1.80 bits per heavy atom. The zero-order valence-corrected chi connectivity index (χ0v) is 9.52. The molecule has 0 aliphatic heterocycles.